The van der Waals surface area contributed by atoms with Gasteiger partial charge in [0.2, 0.25) is 0 Å². The molecule has 1 saturated heterocycles. The molecule has 1 aliphatic rings. The van der Waals surface area contributed by atoms with Gasteiger partial charge in [-0.3, -0.25) is 0 Å². The van der Waals surface area contributed by atoms with Gasteiger partial charge in [0.1, 0.15) is 11.8 Å². The van der Waals surface area contributed by atoms with Gasteiger partial charge in [-0.2, -0.15) is 0 Å². The molecular formula is C10H14N2O. The molecule has 4 N–H and O–H groups in total. The van der Waals surface area contributed by atoms with E-state index in [0.717, 1.165) is 5.56 Å². The number of hydrogen-bond acceptors (Lipinski definition) is 3. The highest BCUT2D eigenvalue weighted by Crippen LogP contribution is 2.27. The largest absolute Gasteiger partial charge is 0.369 e. The van der Waals surface area contributed by atoms with Crippen LogP contribution in [0.25, 0.3) is 0 Å². The van der Waals surface area contributed by atoms with Gasteiger partial charge < -0.3 is 16.2 Å². The second kappa shape index (κ2) is 2.80. The zero-order valence-corrected chi connectivity index (χ0v) is 7.66. The fraction of sp³-hybridized carbons (Fsp3) is 0.400. The van der Waals surface area contributed by atoms with Crippen molar-refractivity contribution in [3.05, 3.63) is 35.4 Å². The summed E-state index contributed by atoms with van der Waals surface area (Å²) in [6, 6.07) is 7.92. The van der Waals surface area contributed by atoms with Crippen LogP contribution >= 0.6 is 0 Å². The van der Waals surface area contributed by atoms with Crippen LogP contribution in [0.1, 0.15) is 11.1 Å². The highest BCUT2D eigenvalue weighted by atomic mass is 16.6. The molecule has 1 aromatic carbocycles. The highest BCUT2D eigenvalue weighted by Gasteiger charge is 2.42. The van der Waals surface area contributed by atoms with Crippen LogP contribution in [0.4, 0.5) is 0 Å². The van der Waals surface area contributed by atoms with Crippen LogP contribution in [-0.2, 0) is 10.4 Å². The van der Waals surface area contributed by atoms with Gasteiger partial charge in [0.15, 0.2) is 0 Å². The van der Waals surface area contributed by atoms with Gasteiger partial charge in [-0.25, -0.2) is 0 Å². The summed E-state index contributed by atoms with van der Waals surface area (Å²) in [6.07, 6.45) is -0.0192. The van der Waals surface area contributed by atoms with Gasteiger partial charge in [-0.1, -0.05) is 29.8 Å². The minimum Gasteiger partial charge on any atom is -0.369 e. The lowest BCUT2D eigenvalue weighted by Gasteiger charge is -2.22. The molecule has 13 heavy (non-hydrogen) atoms. The maximum absolute atomic E-state index is 5.96. The average molecular weight is 178 g/mol. The Morgan fingerprint density at radius 2 is 2.15 bits per heavy atom. The number of aryl methyl sites for hydroxylation is 1. The first kappa shape index (κ1) is 8.69. The molecule has 1 aliphatic heterocycles. The molecule has 2 rings (SSSR count). The van der Waals surface area contributed by atoms with Crippen molar-refractivity contribution in [2.75, 3.05) is 6.61 Å². The van der Waals surface area contributed by atoms with Crippen molar-refractivity contribution in [3.63, 3.8) is 0 Å². The number of hydrogen-bond donors (Lipinski definition) is 2. The Bertz CT molecular complexity index is 318. The predicted octanol–water partition coefficient (Wildman–Crippen LogP) is 0.464. The lowest BCUT2D eigenvalue weighted by molar-refractivity contribution is 0.295. The molecule has 0 bridgehead atoms. The maximum atomic E-state index is 5.96. The average Bonchev–Trinajstić information content (AvgIpc) is 2.86. The molecule has 1 unspecified atom stereocenters. The standard InChI is InChI=1S/C10H14N2O/c1-7-3-2-4-8(5-7)10(11,12)9-6-13-9/h2-5,9H,6,11-12H2,1H3. The number of nitrogens with two attached hydrogens (primary N) is 2. The summed E-state index contributed by atoms with van der Waals surface area (Å²) >= 11 is 0. The minimum atomic E-state index is -0.827. The normalized spacial score (nSPS) is 21.6. The molecule has 0 aliphatic carbocycles. The fourth-order valence-corrected chi connectivity index (χ4v) is 1.42. The van der Waals surface area contributed by atoms with Crippen molar-refractivity contribution >= 4 is 0 Å². The molecule has 3 heteroatoms. The topological polar surface area (TPSA) is 64.6 Å². The summed E-state index contributed by atoms with van der Waals surface area (Å²) in [5.41, 5.74) is 13.2. The summed E-state index contributed by atoms with van der Waals surface area (Å²) in [5, 5.41) is 0. The van der Waals surface area contributed by atoms with Crippen LogP contribution in [0, 0.1) is 6.92 Å². The fourth-order valence-electron chi connectivity index (χ4n) is 1.42. The maximum Gasteiger partial charge on any atom is 0.119 e. The first-order chi connectivity index (χ1) is 6.10. The lowest BCUT2D eigenvalue weighted by Crippen LogP contribution is -2.51. The van der Waals surface area contributed by atoms with Crippen molar-refractivity contribution in [1.29, 1.82) is 0 Å². The summed E-state index contributed by atoms with van der Waals surface area (Å²) < 4.78 is 5.12. The van der Waals surface area contributed by atoms with Crippen molar-refractivity contribution in [2.45, 2.75) is 18.7 Å². The number of epoxide rings is 1. The molecule has 1 heterocycles. The molecule has 1 aromatic rings. The van der Waals surface area contributed by atoms with Crippen LogP contribution in [0.15, 0.2) is 24.3 Å². The van der Waals surface area contributed by atoms with E-state index in [1.54, 1.807) is 0 Å². The van der Waals surface area contributed by atoms with Gasteiger partial charge >= 0.3 is 0 Å². The quantitative estimate of drug-likeness (QED) is 0.511. The van der Waals surface area contributed by atoms with E-state index in [1.165, 1.54) is 5.56 Å². The number of rotatable bonds is 2. The smallest absolute Gasteiger partial charge is 0.119 e. The monoisotopic (exact) mass is 178 g/mol. The van der Waals surface area contributed by atoms with Gasteiger partial charge in [0.05, 0.1) is 6.61 Å². The van der Waals surface area contributed by atoms with E-state index in [4.69, 9.17) is 16.2 Å². The van der Waals surface area contributed by atoms with E-state index in [0.29, 0.717) is 6.61 Å². The van der Waals surface area contributed by atoms with Crippen molar-refractivity contribution in [3.8, 4) is 0 Å². The van der Waals surface area contributed by atoms with Crippen LogP contribution in [0.2, 0.25) is 0 Å². The molecular weight excluding hydrogens is 164 g/mol. The highest BCUT2D eigenvalue weighted by molar-refractivity contribution is 5.29. The summed E-state index contributed by atoms with van der Waals surface area (Å²) in [4.78, 5) is 0. The zero-order valence-electron chi connectivity index (χ0n) is 7.66. The van der Waals surface area contributed by atoms with Gasteiger partial charge in [0.25, 0.3) is 0 Å². The molecule has 0 aromatic heterocycles. The summed E-state index contributed by atoms with van der Waals surface area (Å²) in [6.45, 7) is 2.69. The zero-order chi connectivity index (χ0) is 9.47. The van der Waals surface area contributed by atoms with Crippen LogP contribution in [0.5, 0.6) is 0 Å². The Labute approximate surface area is 77.7 Å². The minimum absolute atomic E-state index is 0.0192. The van der Waals surface area contributed by atoms with Crippen LogP contribution < -0.4 is 11.5 Å². The Morgan fingerprint density at radius 1 is 1.46 bits per heavy atom. The number of benzene rings is 1. The van der Waals surface area contributed by atoms with Crippen molar-refractivity contribution < 1.29 is 4.74 Å². The third-order valence-corrected chi connectivity index (χ3v) is 2.38. The third kappa shape index (κ3) is 1.58. The lowest BCUT2D eigenvalue weighted by atomic mass is 9.97. The first-order valence-electron chi connectivity index (χ1n) is 4.37. The number of ether oxygens (including phenoxy) is 1. The molecule has 0 amide bonds. The molecule has 3 nitrogen and oxygen atoms in total. The van der Waals surface area contributed by atoms with E-state index < -0.39 is 5.66 Å². The second-order valence-corrected chi connectivity index (χ2v) is 3.62. The summed E-state index contributed by atoms with van der Waals surface area (Å²) in [5.74, 6) is 0. The Morgan fingerprint density at radius 3 is 2.69 bits per heavy atom. The molecule has 0 radical (unpaired) electrons. The molecule has 1 atom stereocenters. The first-order valence-corrected chi connectivity index (χ1v) is 4.37. The van der Waals surface area contributed by atoms with Gasteiger partial charge in [-0.05, 0) is 12.5 Å². The van der Waals surface area contributed by atoms with Crippen LogP contribution in [0.3, 0.4) is 0 Å². The molecule has 1 fully saturated rings. The second-order valence-electron chi connectivity index (χ2n) is 3.62. The van der Waals surface area contributed by atoms with E-state index >= 15 is 0 Å². The van der Waals surface area contributed by atoms with E-state index in [-0.39, 0.29) is 6.10 Å². The summed E-state index contributed by atoms with van der Waals surface area (Å²) in [7, 11) is 0. The van der Waals surface area contributed by atoms with Gasteiger partial charge in [-0.15, -0.1) is 0 Å². The Balaban J connectivity index is 2.33. The molecule has 0 saturated carbocycles. The Hall–Kier alpha value is -0.900. The van der Waals surface area contributed by atoms with E-state index in [1.807, 2.05) is 31.2 Å². The van der Waals surface area contributed by atoms with Gasteiger partial charge in [0, 0.05) is 0 Å². The molecule has 70 valence electrons. The van der Waals surface area contributed by atoms with Crippen molar-refractivity contribution in [2.24, 2.45) is 11.5 Å². The predicted molar refractivity (Wildman–Crippen MR) is 51.0 cm³/mol. The molecule has 0 spiro atoms. The Kier molecular flexibility index (Phi) is 1.87. The van der Waals surface area contributed by atoms with Crippen LogP contribution in [-0.4, -0.2) is 12.7 Å². The van der Waals surface area contributed by atoms with Crippen molar-refractivity contribution in [1.82, 2.24) is 0 Å². The SMILES string of the molecule is Cc1cccc(C(N)(N)C2CO2)c1. The van der Waals surface area contributed by atoms with E-state index in [9.17, 15) is 0 Å². The third-order valence-electron chi connectivity index (χ3n) is 2.38. The van der Waals surface area contributed by atoms with E-state index in [2.05, 4.69) is 0 Å².